The minimum Gasteiger partial charge on any atom is -0.394 e. The predicted molar refractivity (Wildman–Crippen MR) is 79.7 cm³/mol. The van der Waals surface area contributed by atoms with Crippen LogP contribution in [0.4, 0.5) is 4.39 Å². The van der Waals surface area contributed by atoms with E-state index < -0.39 is 0 Å². The van der Waals surface area contributed by atoms with E-state index in [4.69, 9.17) is 9.84 Å². The molecule has 2 rings (SSSR count). The Balaban J connectivity index is 1.82. The average molecular weight is 313 g/mol. The van der Waals surface area contributed by atoms with Gasteiger partial charge in [-0.05, 0) is 19.1 Å². The molecular weight excluding hydrogens is 293 g/mol. The minimum absolute atomic E-state index is 0.0127. The standard InChI is InChI=1S/C15H20FNO3S/c1-11-10-20-12(9-18)8-17(11)15(19)6-7-21-14-5-3-2-4-13(14)16/h2-5,11-12,18H,6-10H2,1H3. The molecule has 4 nitrogen and oxygen atoms in total. The number of hydrogen-bond acceptors (Lipinski definition) is 4. The summed E-state index contributed by atoms with van der Waals surface area (Å²) in [6, 6.07) is 6.57. The van der Waals surface area contributed by atoms with Crippen LogP contribution in [0.5, 0.6) is 0 Å². The third-order valence-corrected chi connectivity index (χ3v) is 4.49. The second kappa shape index (κ2) is 7.77. The Hall–Kier alpha value is -1.11. The molecule has 1 heterocycles. The smallest absolute Gasteiger partial charge is 0.223 e. The van der Waals surface area contributed by atoms with E-state index in [1.807, 2.05) is 6.92 Å². The van der Waals surface area contributed by atoms with Crippen molar-refractivity contribution in [1.29, 1.82) is 0 Å². The van der Waals surface area contributed by atoms with Gasteiger partial charge in [0.05, 0.1) is 25.4 Å². The predicted octanol–water partition coefficient (Wildman–Crippen LogP) is 1.92. The van der Waals surface area contributed by atoms with Gasteiger partial charge in [-0.25, -0.2) is 4.39 Å². The Bertz CT molecular complexity index is 486. The molecular formula is C15H20FNO3S. The Morgan fingerprint density at radius 1 is 1.52 bits per heavy atom. The summed E-state index contributed by atoms with van der Waals surface area (Å²) in [6.45, 7) is 2.70. The van der Waals surface area contributed by atoms with Gasteiger partial charge in [-0.1, -0.05) is 12.1 Å². The number of nitrogens with zero attached hydrogens (tertiary/aromatic N) is 1. The maximum Gasteiger partial charge on any atom is 0.223 e. The van der Waals surface area contributed by atoms with E-state index in [9.17, 15) is 9.18 Å². The number of aliphatic hydroxyl groups is 1. The van der Waals surface area contributed by atoms with Crippen molar-refractivity contribution in [3.8, 4) is 0 Å². The van der Waals surface area contributed by atoms with Crippen molar-refractivity contribution in [3.63, 3.8) is 0 Å². The van der Waals surface area contributed by atoms with Crippen LogP contribution in [0.3, 0.4) is 0 Å². The van der Waals surface area contributed by atoms with Crippen LogP contribution in [0.15, 0.2) is 29.2 Å². The van der Waals surface area contributed by atoms with Gasteiger partial charge in [0.2, 0.25) is 5.91 Å². The maximum atomic E-state index is 13.5. The fraction of sp³-hybridized carbons (Fsp3) is 0.533. The minimum atomic E-state index is -0.302. The lowest BCUT2D eigenvalue weighted by molar-refractivity contribution is -0.145. The summed E-state index contributed by atoms with van der Waals surface area (Å²) in [6.07, 6.45) is 0.0472. The van der Waals surface area contributed by atoms with Crippen LogP contribution in [0.25, 0.3) is 0 Å². The fourth-order valence-electron chi connectivity index (χ4n) is 2.23. The van der Waals surface area contributed by atoms with Crippen molar-refractivity contribution < 1.29 is 19.0 Å². The van der Waals surface area contributed by atoms with E-state index in [1.54, 1.807) is 23.1 Å². The number of rotatable bonds is 5. The van der Waals surface area contributed by atoms with Crippen LogP contribution >= 0.6 is 11.8 Å². The third-order valence-electron chi connectivity index (χ3n) is 3.44. The van der Waals surface area contributed by atoms with Crippen molar-refractivity contribution in [1.82, 2.24) is 4.90 Å². The van der Waals surface area contributed by atoms with Gasteiger partial charge in [-0.3, -0.25) is 4.79 Å². The summed E-state index contributed by atoms with van der Waals surface area (Å²) in [5.74, 6) is 0.302. The topological polar surface area (TPSA) is 49.8 Å². The number of amides is 1. The molecule has 0 saturated carbocycles. The molecule has 0 radical (unpaired) electrons. The second-order valence-corrected chi connectivity index (χ2v) is 6.20. The Morgan fingerprint density at radius 2 is 2.29 bits per heavy atom. The molecule has 6 heteroatoms. The average Bonchev–Trinajstić information content (AvgIpc) is 2.49. The van der Waals surface area contributed by atoms with Gasteiger partial charge in [0.1, 0.15) is 5.82 Å². The number of hydrogen-bond donors (Lipinski definition) is 1. The van der Waals surface area contributed by atoms with Crippen LogP contribution in [0.1, 0.15) is 13.3 Å². The van der Waals surface area contributed by atoms with Gasteiger partial charge < -0.3 is 14.7 Å². The van der Waals surface area contributed by atoms with Crippen molar-refractivity contribution in [2.24, 2.45) is 0 Å². The first-order valence-corrected chi connectivity index (χ1v) is 7.99. The molecule has 2 unspecified atom stereocenters. The monoisotopic (exact) mass is 313 g/mol. The van der Waals surface area contributed by atoms with E-state index in [2.05, 4.69) is 0 Å². The molecule has 1 N–H and O–H groups in total. The molecule has 0 bridgehead atoms. The Labute approximate surface area is 128 Å². The lowest BCUT2D eigenvalue weighted by Crippen LogP contribution is -2.52. The Morgan fingerprint density at radius 3 is 3.00 bits per heavy atom. The normalized spacial score (nSPS) is 22.3. The number of carbonyl (C=O) groups is 1. The van der Waals surface area contributed by atoms with Crippen molar-refractivity contribution >= 4 is 17.7 Å². The molecule has 116 valence electrons. The Kier molecular flexibility index (Phi) is 6.02. The lowest BCUT2D eigenvalue weighted by atomic mass is 10.2. The number of thioether (sulfide) groups is 1. The first-order valence-electron chi connectivity index (χ1n) is 7.01. The SMILES string of the molecule is CC1COC(CO)CN1C(=O)CCSc1ccccc1F. The van der Waals surface area contributed by atoms with Gasteiger partial charge in [-0.2, -0.15) is 0 Å². The van der Waals surface area contributed by atoms with Crippen molar-refractivity contribution in [3.05, 3.63) is 30.1 Å². The zero-order valence-corrected chi connectivity index (χ0v) is 12.8. The summed E-state index contributed by atoms with van der Waals surface area (Å²) in [7, 11) is 0. The highest BCUT2D eigenvalue weighted by Crippen LogP contribution is 2.22. The van der Waals surface area contributed by atoms with Crippen LogP contribution in [-0.4, -0.2) is 53.6 Å². The quantitative estimate of drug-likeness (QED) is 0.844. The molecule has 1 amide bonds. The third kappa shape index (κ3) is 4.43. The van der Waals surface area contributed by atoms with E-state index >= 15 is 0 Å². The maximum absolute atomic E-state index is 13.5. The number of halogens is 1. The number of aliphatic hydroxyl groups excluding tert-OH is 1. The van der Waals surface area contributed by atoms with Gasteiger partial charge in [0.25, 0.3) is 0 Å². The fourth-order valence-corrected chi connectivity index (χ4v) is 3.11. The molecule has 1 fully saturated rings. The first kappa shape index (κ1) is 16.3. The first-order chi connectivity index (χ1) is 10.1. The highest BCUT2D eigenvalue weighted by Gasteiger charge is 2.28. The summed E-state index contributed by atoms with van der Waals surface area (Å²) in [5, 5.41) is 9.12. The summed E-state index contributed by atoms with van der Waals surface area (Å²) in [5.41, 5.74) is 0. The van der Waals surface area contributed by atoms with E-state index in [0.29, 0.717) is 30.2 Å². The van der Waals surface area contributed by atoms with Gasteiger partial charge >= 0.3 is 0 Å². The highest BCUT2D eigenvalue weighted by molar-refractivity contribution is 7.99. The van der Waals surface area contributed by atoms with Gasteiger partial charge in [0.15, 0.2) is 0 Å². The molecule has 1 aliphatic heterocycles. The summed E-state index contributed by atoms with van der Waals surface area (Å²) >= 11 is 1.34. The van der Waals surface area contributed by atoms with E-state index in [1.165, 1.54) is 17.8 Å². The molecule has 2 atom stereocenters. The number of carbonyl (C=O) groups excluding carboxylic acids is 1. The molecule has 21 heavy (non-hydrogen) atoms. The van der Waals surface area contributed by atoms with Crippen molar-refractivity contribution in [2.75, 3.05) is 25.5 Å². The number of ether oxygens (including phenoxy) is 1. The van der Waals surface area contributed by atoms with Crippen LogP contribution < -0.4 is 0 Å². The van der Waals surface area contributed by atoms with Crippen LogP contribution in [0, 0.1) is 5.82 Å². The lowest BCUT2D eigenvalue weighted by Gasteiger charge is -2.37. The largest absolute Gasteiger partial charge is 0.394 e. The van der Waals surface area contributed by atoms with Gasteiger partial charge in [0, 0.05) is 23.6 Å². The highest BCUT2D eigenvalue weighted by atomic mass is 32.2. The molecule has 1 aliphatic rings. The molecule has 0 aliphatic carbocycles. The molecule has 0 aromatic heterocycles. The van der Waals surface area contributed by atoms with Crippen LogP contribution in [-0.2, 0) is 9.53 Å². The molecule has 1 saturated heterocycles. The summed E-state index contributed by atoms with van der Waals surface area (Å²) < 4.78 is 18.9. The van der Waals surface area contributed by atoms with Crippen LogP contribution in [0.2, 0.25) is 0 Å². The zero-order chi connectivity index (χ0) is 15.2. The zero-order valence-electron chi connectivity index (χ0n) is 12.0. The van der Waals surface area contributed by atoms with E-state index in [0.717, 1.165) is 0 Å². The molecule has 0 spiro atoms. The van der Waals surface area contributed by atoms with Crippen molar-refractivity contribution in [2.45, 2.75) is 30.4 Å². The number of morpholine rings is 1. The molecule has 1 aromatic carbocycles. The second-order valence-electron chi connectivity index (χ2n) is 5.06. The summed E-state index contributed by atoms with van der Waals surface area (Å²) in [4.78, 5) is 14.5. The van der Waals surface area contributed by atoms with E-state index in [-0.39, 0.29) is 30.5 Å². The number of benzene rings is 1. The van der Waals surface area contributed by atoms with Gasteiger partial charge in [-0.15, -0.1) is 11.8 Å². The molecule has 1 aromatic rings.